The number of anilines is 1. The van der Waals surface area contributed by atoms with Crippen LogP contribution >= 0.6 is 0 Å². The van der Waals surface area contributed by atoms with Crippen molar-refractivity contribution in [1.82, 2.24) is 44.7 Å². The fourth-order valence-corrected chi connectivity index (χ4v) is 11.8. The van der Waals surface area contributed by atoms with Gasteiger partial charge in [0.25, 0.3) is 0 Å². The van der Waals surface area contributed by atoms with Crippen molar-refractivity contribution in [3.8, 4) is 23.0 Å². The number of rotatable bonds is 12. The molecular formula is C54H62F2N10O5. The molecule has 2 atom stereocenters. The van der Waals surface area contributed by atoms with Crippen molar-refractivity contribution in [2.45, 2.75) is 83.5 Å². The van der Waals surface area contributed by atoms with Crippen molar-refractivity contribution in [3.05, 3.63) is 77.1 Å². The summed E-state index contributed by atoms with van der Waals surface area (Å²) >= 11 is 0. The van der Waals surface area contributed by atoms with Gasteiger partial charge in [-0.2, -0.15) is 15.1 Å². The Morgan fingerprint density at radius 3 is 2.48 bits per heavy atom. The van der Waals surface area contributed by atoms with Crippen LogP contribution in [0.2, 0.25) is 0 Å². The molecule has 5 fully saturated rings. The van der Waals surface area contributed by atoms with E-state index in [1.54, 1.807) is 18.3 Å². The molecule has 3 amide bonds. The van der Waals surface area contributed by atoms with Crippen molar-refractivity contribution in [2.24, 2.45) is 18.4 Å². The number of piperidine rings is 3. The van der Waals surface area contributed by atoms with Gasteiger partial charge in [-0.25, -0.2) is 8.78 Å². The second kappa shape index (κ2) is 19.0. The maximum absolute atomic E-state index is 17.1. The lowest BCUT2D eigenvalue weighted by Gasteiger charge is -2.38. The Morgan fingerprint density at radius 1 is 0.930 bits per heavy atom. The Balaban J connectivity index is 0.717. The number of pyridine rings is 1. The second-order valence-corrected chi connectivity index (χ2v) is 21.0. The fourth-order valence-electron chi connectivity index (χ4n) is 11.8. The van der Waals surface area contributed by atoms with E-state index in [9.17, 15) is 19.5 Å². The topological polar surface area (TPSA) is 162 Å². The monoisotopic (exact) mass is 968 g/mol. The molecule has 1 aliphatic carbocycles. The van der Waals surface area contributed by atoms with Gasteiger partial charge in [-0.3, -0.25) is 39.2 Å². The molecule has 372 valence electrons. The molecular weight excluding hydrogens is 907 g/mol. The number of nitrogens with one attached hydrogen (secondary N) is 1. The van der Waals surface area contributed by atoms with Gasteiger partial charge in [0, 0.05) is 81.8 Å². The molecule has 4 aliphatic heterocycles. The number of aromatic hydroxyl groups is 1. The van der Waals surface area contributed by atoms with Gasteiger partial charge < -0.3 is 19.6 Å². The third kappa shape index (κ3) is 9.26. The smallest absolute Gasteiger partial charge is 0.319 e. The number of phenolic OH excluding ortho intramolecular Hbond substituents is 1. The van der Waals surface area contributed by atoms with Crippen LogP contribution in [0.15, 0.2) is 48.7 Å². The first-order valence-corrected chi connectivity index (χ1v) is 25.5. The van der Waals surface area contributed by atoms with Crippen molar-refractivity contribution in [3.63, 3.8) is 0 Å². The highest BCUT2D eigenvalue weighted by atomic mass is 19.1. The molecule has 15 nitrogen and oxygen atoms in total. The number of aromatic nitrogens is 5. The van der Waals surface area contributed by atoms with E-state index in [1.165, 1.54) is 17.7 Å². The first-order valence-electron chi connectivity index (χ1n) is 25.5. The number of hydrogen-bond donors (Lipinski definition) is 2. The van der Waals surface area contributed by atoms with Gasteiger partial charge in [0.1, 0.15) is 28.6 Å². The molecule has 2 N–H and O–H groups in total. The van der Waals surface area contributed by atoms with E-state index in [2.05, 4.69) is 50.1 Å². The number of likely N-dealkylation sites (tertiary alicyclic amines) is 1. The predicted octanol–water partition coefficient (Wildman–Crippen LogP) is 7.22. The average molecular weight is 969 g/mol. The van der Waals surface area contributed by atoms with Crippen molar-refractivity contribution < 1.29 is 33.0 Å². The van der Waals surface area contributed by atoms with E-state index < -0.39 is 17.6 Å². The minimum absolute atomic E-state index is 0.0250. The minimum Gasteiger partial charge on any atom is -0.508 e. The maximum Gasteiger partial charge on any atom is 0.319 e. The van der Waals surface area contributed by atoms with Crippen LogP contribution in [0.5, 0.6) is 11.8 Å². The van der Waals surface area contributed by atoms with Crippen LogP contribution in [0.3, 0.4) is 0 Å². The van der Waals surface area contributed by atoms with Crippen LogP contribution in [-0.4, -0.2) is 134 Å². The Kier molecular flexibility index (Phi) is 12.6. The van der Waals surface area contributed by atoms with E-state index in [0.29, 0.717) is 90.4 Å². The number of ether oxygens (including phenoxy) is 1. The number of halogens is 2. The molecule has 0 bridgehead atoms. The van der Waals surface area contributed by atoms with Gasteiger partial charge in [0.15, 0.2) is 5.82 Å². The van der Waals surface area contributed by atoms with Gasteiger partial charge in [0.05, 0.1) is 35.7 Å². The van der Waals surface area contributed by atoms with Crippen LogP contribution < -0.4 is 15.0 Å². The molecule has 7 heterocycles. The number of piperazine rings is 1. The molecule has 3 aromatic heterocycles. The third-order valence-electron chi connectivity index (χ3n) is 16.0. The molecule has 3 aromatic carbocycles. The largest absolute Gasteiger partial charge is 0.508 e. The van der Waals surface area contributed by atoms with Crippen molar-refractivity contribution in [1.29, 1.82) is 0 Å². The van der Waals surface area contributed by atoms with Gasteiger partial charge in [-0.1, -0.05) is 32.0 Å². The van der Waals surface area contributed by atoms with Crippen LogP contribution in [0.25, 0.3) is 43.8 Å². The fraction of sp³-hybridized carbons (Fsp3) is 0.500. The summed E-state index contributed by atoms with van der Waals surface area (Å²) in [5, 5.41) is 20.4. The Hall–Kier alpha value is -6.33. The summed E-state index contributed by atoms with van der Waals surface area (Å²) in [5.74, 6) is -0.570. The summed E-state index contributed by atoms with van der Waals surface area (Å²) in [7, 11) is 1.90. The number of fused-ring (bicyclic) bond motifs is 3. The predicted molar refractivity (Wildman–Crippen MR) is 266 cm³/mol. The number of benzene rings is 3. The molecule has 4 saturated heterocycles. The van der Waals surface area contributed by atoms with Crippen LogP contribution in [0.4, 0.5) is 14.6 Å². The van der Waals surface area contributed by atoms with E-state index in [4.69, 9.17) is 19.8 Å². The molecule has 1 unspecified atom stereocenters. The number of carbonyl (C=O) groups is 3. The quantitative estimate of drug-likeness (QED) is 0.119. The highest BCUT2D eigenvalue weighted by Gasteiger charge is 2.46. The lowest BCUT2D eigenvalue weighted by molar-refractivity contribution is -0.135. The zero-order chi connectivity index (χ0) is 49.1. The molecule has 0 radical (unpaired) electrons. The van der Waals surface area contributed by atoms with Gasteiger partial charge in [-0.15, -0.1) is 0 Å². The molecule has 1 saturated carbocycles. The van der Waals surface area contributed by atoms with E-state index in [-0.39, 0.29) is 46.1 Å². The summed E-state index contributed by atoms with van der Waals surface area (Å²) in [5.41, 5.74) is 3.60. The number of nitrogens with zero attached hydrogens (tertiary/aromatic N) is 9. The van der Waals surface area contributed by atoms with E-state index in [0.717, 1.165) is 101 Å². The molecule has 17 heteroatoms. The number of hydrogen-bond acceptors (Lipinski definition) is 12. The zero-order valence-corrected chi connectivity index (χ0v) is 40.9. The third-order valence-corrected chi connectivity index (χ3v) is 16.0. The number of aryl methyl sites for hydroxylation is 2. The first-order chi connectivity index (χ1) is 34.3. The summed E-state index contributed by atoms with van der Waals surface area (Å²) in [6, 6.07) is 12.5. The normalized spacial score (nSPS) is 21.4. The summed E-state index contributed by atoms with van der Waals surface area (Å²) in [6.07, 6.45) is 8.67. The Morgan fingerprint density at radius 2 is 1.73 bits per heavy atom. The summed E-state index contributed by atoms with van der Waals surface area (Å²) < 4.78 is 40.6. The van der Waals surface area contributed by atoms with Gasteiger partial charge in [0.2, 0.25) is 17.7 Å². The number of amides is 3. The molecule has 0 spiro atoms. The molecule has 5 aliphatic rings. The van der Waals surface area contributed by atoms with Crippen molar-refractivity contribution >= 4 is 56.1 Å². The van der Waals surface area contributed by atoms with Gasteiger partial charge >= 0.3 is 6.01 Å². The zero-order valence-electron chi connectivity index (χ0n) is 40.9. The van der Waals surface area contributed by atoms with Crippen molar-refractivity contribution in [2.75, 3.05) is 77.0 Å². The van der Waals surface area contributed by atoms with Gasteiger partial charge in [-0.05, 0) is 122 Å². The average Bonchev–Trinajstić information content (AvgIpc) is 4.06. The highest BCUT2D eigenvalue weighted by Crippen LogP contribution is 2.47. The number of carbonyl (C=O) groups excluding carboxylic acids is 3. The molecule has 71 heavy (non-hydrogen) atoms. The Bertz CT molecular complexity index is 3070. The Labute approximate surface area is 411 Å². The lowest BCUT2D eigenvalue weighted by atomic mass is 9.88. The summed E-state index contributed by atoms with van der Waals surface area (Å²) in [4.78, 5) is 61.1. The summed E-state index contributed by atoms with van der Waals surface area (Å²) in [6.45, 7) is 11.7. The van der Waals surface area contributed by atoms with Crippen LogP contribution in [-0.2, 0) is 27.9 Å². The maximum atomic E-state index is 17.1. The molecule has 11 rings (SSSR count). The SMILES string of the molecule is CCc1c(F)ccc2cc(O)cc(-c3ncc4c(N5CCC[C@H](C)C5)nc(OCC5(CN6CCN(C(=O)CN7CCC(c8ccc9c(C%10CCC(=O)NC%10=O)nn(C)c9c8)CC7)CC6)CC5)nc4c3F)c12. The lowest BCUT2D eigenvalue weighted by Crippen LogP contribution is -2.53. The first kappa shape index (κ1) is 47.0. The number of phenols is 1. The van der Waals surface area contributed by atoms with E-state index >= 15 is 8.78 Å². The van der Waals surface area contributed by atoms with Crippen LogP contribution in [0, 0.1) is 23.0 Å². The minimum atomic E-state index is -0.680. The van der Waals surface area contributed by atoms with Crippen LogP contribution in [0.1, 0.15) is 93.9 Å². The molecule has 6 aromatic rings. The van der Waals surface area contributed by atoms with E-state index in [1.807, 2.05) is 23.6 Å². The number of imide groups is 1. The second-order valence-electron chi connectivity index (χ2n) is 21.0. The highest BCUT2D eigenvalue weighted by molar-refractivity contribution is 6.03. The standard InChI is InChI=1S/C54H62F2N10O5/c1-4-37-42(55)11-8-35-24-36(67)26-40(46(35)37)49-47(56)50-41(27-57-49)51(66-17-5-6-32(2)28-66)60-53(59-50)71-31-54(15-16-54)30-64-20-22-65(23-21-64)45(69)29-63-18-13-33(14-19-63)34-7-9-38-43(25-34)62(3)61-48(38)39-10-12-44(68)58-52(39)70/h7-9,11,24-27,32-33,39,67H,4-6,10,12-23,28-31H2,1-3H3,(H,58,68,70)/t32-,39?/m0/s1.